The van der Waals surface area contributed by atoms with E-state index in [1.807, 2.05) is 11.6 Å². The van der Waals surface area contributed by atoms with Crippen LogP contribution in [-0.2, 0) is 16.9 Å². The normalized spacial score (nSPS) is 11.5. The lowest BCUT2D eigenvalue weighted by Crippen LogP contribution is -2.10. The predicted octanol–water partition coefficient (Wildman–Crippen LogP) is 1.68. The van der Waals surface area contributed by atoms with Gasteiger partial charge in [0.05, 0.1) is 16.2 Å². The predicted molar refractivity (Wildman–Crippen MR) is 79.4 cm³/mol. The van der Waals surface area contributed by atoms with Crippen molar-refractivity contribution in [3.63, 3.8) is 0 Å². The van der Waals surface area contributed by atoms with Gasteiger partial charge in [-0.1, -0.05) is 17.8 Å². The van der Waals surface area contributed by atoms with Gasteiger partial charge >= 0.3 is 5.97 Å². The summed E-state index contributed by atoms with van der Waals surface area (Å²) in [6, 6.07) is 5.39. The van der Waals surface area contributed by atoms with Crippen molar-refractivity contribution in [1.29, 1.82) is 0 Å². The molecule has 0 radical (unpaired) electrons. The summed E-state index contributed by atoms with van der Waals surface area (Å²) in [5.41, 5.74) is -0.0344. The zero-order valence-corrected chi connectivity index (χ0v) is 12.9. The van der Waals surface area contributed by atoms with Gasteiger partial charge in [0, 0.05) is 25.2 Å². The van der Waals surface area contributed by atoms with Crippen LogP contribution in [0, 0.1) is 0 Å². The summed E-state index contributed by atoms with van der Waals surface area (Å²) < 4.78 is 26.2. The average Bonchev–Trinajstić information content (AvgIpc) is 2.84. The van der Waals surface area contributed by atoms with Gasteiger partial charge in [-0.25, -0.2) is 18.2 Å². The van der Waals surface area contributed by atoms with Crippen LogP contribution >= 0.6 is 11.8 Å². The van der Waals surface area contributed by atoms with Gasteiger partial charge in [0.2, 0.25) is 0 Å². The Bertz CT molecular complexity index is 753. The molecule has 1 N–H and O–H groups in total. The number of thioether (sulfide) groups is 1. The Hall–Kier alpha value is -1.80. The third-order valence-electron chi connectivity index (χ3n) is 2.80. The molecule has 0 unspecified atom stereocenters. The van der Waals surface area contributed by atoms with Gasteiger partial charge in [-0.15, -0.1) is 0 Å². The summed E-state index contributed by atoms with van der Waals surface area (Å²) in [5, 5.41) is 9.64. The van der Waals surface area contributed by atoms with Crippen LogP contribution in [0.25, 0.3) is 0 Å². The van der Waals surface area contributed by atoms with E-state index < -0.39 is 15.8 Å². The Morgan fingerprint density at radius 2 is 2.19 bits per heavy atom. The van der Waals surface area contributed by atoms with Crippen molar-refractivity contribution in [3.05, 3.63) is 42.2 Å². The summed E-state index contributed by atoms with van der Waals surface area (Å²) >= 11 is 1.34. The zero-order chi connectivity index (χ0) is 15.5. The van der Waals surface area contributed by atoms with Crippen molar-refractivity contribution < 1.29 is 18.3 Å². The summed E-state index contributed by atoms with van der Waals surface area (Å²) in [5.74, 6) is -0.868. The van der Waals surface area contributed by atoms with Gasteiger partial charge in [-0.3, -0.25) is 0 Å². The molecule has 112 valence electrons. The molecule has 0 fully saturated rings. The van der Waals surface area contributed by atoms with E-state index >= 15 is 0 Å². The molecular formula is C13H14N2O4S2. The summed E-state index contributed by atoms with van der Waals surface area (Å²) in [7, 11) is -1.67. The molecule has 0 aliphatic heterocycles. The quantitative estimate of drug-likeness (QED) is 0.813. The van der Waals surface area contributed by atoms with Crippen molar-refractivity contribution in [1.82, 2.24) is 9.55 Å². The Labute approximate surface area is 126 Å². The van der Waals surface area contributed by atoms with E-state index in [0.717, 1.165) is 5.16 Å². The Morgan fingerprint density at radius 3 is 2.81 bits per heavy atom. The van der Waals surface area contributed by atoms with Crippen LogP contribution in [0.5, 0.6) is 0 Å². The molecule has 0 spiro atoms. The lowest BCUT2D eigenvalue weighted by molar-refractivity contribution is 0.0696. The van der Waals surface area contributed by atoms with Gasteiger partial charge in [0.15, 0.2) is 15.0 Å². The molecular weight excluding hydrogens is 312 g/mol. The number of carboxylic acids is 1. The molecule has 0 saturated carbocycles. The molecule has 0 aliphatic carbocycles. The maximum Gasteiger partial charge on any atom is 0.335 e. The third-order valence-corrected chi connectivity index (χ3v) is 5.83. The van der Waals surface area contributed by atoms with Crippen molar-refractivity contribution in [2.45, 2.75) is 10.1 Å². The second-order valence-electron chi connectivity index (χ2n) is 4.32. The Balaban J connectivity index is 2.06. The van der Waals surface area contributed by atoms with E-state index in [0.29, 0.717) is 5.75 Å². The molecule has 0 saturated heterocycles. The smallest absolute Gasteiger partial charge is 0.335 e. The molecule has 0 atom stereocenters. The van der Waals surface area contributed by atoms with Crippen LogP contribution in [0.4, 0.5) is 0 Å². The average molecular weight is 326 g/mol. The van der Waals surface area contributed by atoms with Gasteiger partial charge in [0.1, 0.15) is 0 Å². The number of carbonyl (C=O) groups is 1. The van der Waals surface area contributed by atoms with Crippen LogP contribution in [-0.4, -0.2) is 40.6 Å². The van der Waals surface area contributed by atoms with Gasteiger partial charge in [0.25, 0.3) is 0 Å². The zero-order valence-electron chi connectivity index (χ0n) is 11.3. The number of sulfone groups is 1. The highest BCUT2D eigenvalue weighted by atomic mass is 32.2. The molecule has 21 heavy (non-hydrogen) atoms. The Morgan fingerprint density at radius 1 is 1.43 bits per heavy atom. The van der Waals surface area contributed by atoms with E-state index in [9.17, 15) is 13.2 Å². The first kappa shape index (κ1) is 15.6. The topological polar surface area (TPSA) is 89.3 Å². The van der Waals surface area contributed by atoms with Gasteiger partial charge in [-0.2, -0.15) is 0 Å². The standard InChI is InChI=1S/C13H14N2O4S2/c1-15-6-5-14-13(15)20-7-8-21(18,19)11-4-2-3-10(9-11)12(16)17/h2-6,9H,7-8H2,1H3,(H,16,17). The maximum atomic E-state index is 12.2. The minimum atomic E-state index is -3.50. The number of aryl methyl sites for hydroxylation is 1. The van der Waals surface area contributed by atoms with E-state index in [2.05, 4.69) is 4.98 Å². The number of benzene rings is 1. The minimum Gasteiger partial charge on any atom is -0.478 e. The second kappa shape index (κ2) is 6.31. The Kier molecular flexibility index (Phi) is 4.69. The van der Waals surface area contributed by atoms with Crippen LogP contribution < -0.4 is 0 Å². The first-order valence-electron chi connectivity index (χ1n) is 6.06. The van der Waals surface area contributed by atoms with Crippen LogP contribution in [0.2, 0.25) is 0 Å². The summed E-state index contributed by atoms with van der Waals surface area (Å²) in [4.78, 5) is 15.0. The largest absolute Gasteiger partial charge is 0.478 e. The van der Waals surface area contributed by atoms with Crippen molar-refractivity contribution in [3.8, 4) is 0 Å². The highest BCUT2D eigenvalue weighted by molar-refractivity contribution is 8.00. The van der Waals surface area contributed by atoms with Crippen LogP contribution in [0.3, 0.4) is 0 Å². The fourth-order valence-corrected chi connectivity index (χ4v) is 4.30. The highest BCUT2D eigenvalue weighted by Crippen LogP contribution is 2.18. The van der Waals surface area contributed by atoms with Gasteiger partial charge < -0.3 is 9.67 Å². The number of hydrogen-bond donors (Lipinski definition) is 1. The molecule has 0 bridgehead atoms. The number of carboxylic acid groups (broad SMARTS) is 1. The summed E-state index contributed by atoms with van der Waals surface area (Å²) in [6.07, 6.45) is 3.43. The molecule has 6 nitrogen and oxygen atoms in total. The number of aromatic carboxylic acids is 1. The van der Waals surface area contributed by atoms with Crippen molar-refractivity contribution >= 4 is 27.6 Å². The lowest BCUT2D eigenvalue weighted by Gasteiger charge is -2.05. The van der Waals surface area contributed by atoms with E-state index in [-0.39, 0.29) is 16.2 Å². The molecule has 1 aromatic heterocycles. The minimum absolute atomic E-state index is 0.0304. The first-order chi connectivity index (χ1) is 9.90. The second-order valence-corrected chi connectivity index (χ2v) is 7.49. The fraction of sp³-hybridized carbons (Fsp3) is 0.231. The molecule has 1 heterocycles. The molecule has 2 aromatic rings. The number of hydrogen-bond acceptors (Lipinski definition) is 5. The number of rotatable bonds is 6. The molecule has 0 amide bonds. The molecule has 8 heteroatoms. The number of aromatic nitrogens is 2. The lowest BCUT2D eigenvalue weighted by atomic mass is 10.2. The number of imidazole rings is 1. The van der Waals surface area contributed by atoms with E-state index in [1.54, 1.807) is 12.4 Å². The third kappa shape index (κ3) is 3.85. The monoisotopic (exact) mass is 326 g/mol. The summed E-state index contributed by atoms with van der Waals surface area (Å²) in [6.45, 7) is 0. The van der Waals surface area contributed by atoms with E-state index in [1.165, 1.54) is 36.0 Å². The van der Waals surface area contributed by atoms with Crippen LogP contribution in [0.1, 0.15) is 10.4 Å². The maximum absolute atomic E-state index is 12.2. The van der Waals surface area contributed by atoms with Crippen molar-refractivity contribution in [2.24, 2.45) is 7.05 Å². The van der Waals surface area contributed by atoms with E-state index in [4.69, 9.17) is 5.11 Å². The molecule has 1 aromatic carbocycles. The molecule has 0 aliphatic rings. The molecule has 2 rings (SSSR count). The van der Waals surface area contributed by atoms with Crippen LogP contribution in [0.15, 0.2) is 46.7 Å². The highest BCUT2D eigenvalue weighted by Gasteiger charge is 2.16. The van der Waals surface area contributed by atoms with Crippen molar-refractivity contribution in [2.75, 3.05) is 11.5 Å². The SMILES string of the molecule is Cn1ccnc1SCCS(=O)(=O)c1cccc(C(=O)O)c1. The van der Waals surface area contributed by atoms with Gasteiger partial charge in [-0.05, 0) is 18.2 Å². The first-order valence-corrected chi connectivity index (χ1v) is 8.70. The number of nitrogens with zero attached hydrogens (tertiary/aromatic N) is 2. The fourth-order valence-electron chi connectivity index (χ4n) is 1.67.